The molecule has 1 fully saturated rings. The van der Waals surface area contributed by atoms with E-state index in [0.717, 1.165) is 19.0 Å². The smallest absolute Gasteiger partial charge is 0.0417 e. The Morgan fingerprint density at radius 1 is 1.18 bits per heavy atom. The average Bonchev–Trinajstić information content (AvgIpc) is 2.32. The first-order valence-electron chi connectivity index (χ1n) is 7.29. The summed E-state index contributed by atoms with van der Waals surface area (Å²) in [7, 11) is 0. The highest BCUT2D eigenvalue weighted by molar-refractivity contribution is 4.96. The second kappa shape index (κ2) is 6.72. The monoisotopic (exact) mass is 241 g/mol. The predicted octanol–water partition coefficient (Wildman–Crippen LogP) is 2.52. The van der Waals surface area contributed by atoms with Crippen LogP contribution in [-0.2, 0) is 0 Å². The Balaban J connectivity index is 2.75. The maximum atomic E-state index is 5.86. The number of hydrogen-bond donors (Lipinski definition) is 2. The Hall–Kier alpha value is -0.120. The third-order valence-electron chi connectivity index (χ3n) is 4.64. The van der Waals surface area contributed by atoms with Gasteiger partial charge in [0.2, 0.25) is 0 Å². The zero-order chi connectivity index (χ0) is 12.9. The number of nitrogens with zero attached hydrogens (tertiary/aromatic N) is 1. The van der Waals surface area contributed by atoms with Gasteiger partial charge in [0.15, 0.2) is 0 Å². The molecule has 3 heteroatoms. The van der Waals surface area contributed by atoms with Gasteiger partial charge in [0, 0.05) is 11.6 Å². The second-order valence-corrected chi connectivity index (χ2v) is 5.87. The fourth-order valence-electron chi connectivity index (χ4n) is 3.62. The largest absolute Gasteiger partial charge is 0.297 e. The number of rotatable bonds is 6. The van der Waals surface area contributed by atoms with E-state index in [-0.39, 0.29) is 5.54 Å². The van der Waals surface area contributed by atoms with Gasteiger partial charge in [-0.15, -0.1) is 0 Å². The standard InChI is InChI=1S/C14H31N3/c1-5-17(6-2)14(3,4)13(16-15)12-10-8-7-9-11-12/h12-13,16H,5-11,15H2,1-4H3. The number of hydrazine groups is 1. The lowest BCUT2D eigenvalue weighted by atomic mass is 9.76. The van der Waals surface area contributed by atoms with Crippen LogP contribution >= 0.6 is 0 Å². The summed E-state index contributed by atoms with van der Waals surface area (Å²) < 4.78 is 0. The van der Waals surface area contributed by atoms with E-state index in [9.17, 15) is 0 Å². The zero-order valence-corrected chi connectivity index (χ0v) is 12.1. The van der Waals surface area contributed by atoms with Crippen LogP contribution < -0.4 is 11.3 Å². The maximum absolute atomic E-state index is 5.86. The molecule has 0 radical (unpaired) electrons. The molecule has 1 aliphatic rings. The molecule has 1 unspecified atom stereocenters. The normalized spacial score (nSPS) is 20.8. The van der Waals surface area contributed by atoms with E-state index in [0.29, 0.717) is 6.04 Å². The van der Waals surface area contributed by atoms with Crippen molar-refractivity contribution in [2.24, 2.45) is 11.8 Å². The molecule has 0 amide bonds. The molecule has 0 bridgehead atoms. The molecule has 0 aliphatic heterocycles. The first kappa shape index (κ1) is 14.9. The maximum Gasteiger partial charge on any atom is 0.0417 e. The van der Waals surface area contributed by atoms with Crippen molar-refractivity contribution in [3.05, 3.63) is 0 Å². The van der Waals surface area contributed by atoms with Gasteiger partial charge >= 0.3 is 0 Å². The molecule has 0 aromatic carbocycles. The quantitative estimate of drug-likeness (QED) is 0.554. The van der Waals surface area contributed by atoms with E-state index in [4.69, 9.17) is 5.84 Å². The van der Waals surface area contributed by atoms with Crippen molar-refractivity contribution in [3.8, 4) is 0 Å². The van der Waals surface area contributed by atoms with Crippen LogP contribution in [0.4, 0.5) is 0 Å². The highest BCUT2D eigenvalue weighted by Crippen LogP contribution is 2.33. The van der Waals surface area contributed by atoms with Crippen LogP contribution in [0.15, 0.2) is 0 Å². The molecule has 1 aliphatic carbocycles. The van der Waals surface area contributed by atoms with E-state index < -0.39 is 0 Å². The Bertz CT molecular complexity index is 206. The van der Waals surface area contributed by atoms with E-state index in [1.54, 1.807) is 0 Å². The summed E-state index contributed by atoms with van der Waals surface area (Å²) in [5.41, 5.74) is 3.26. The van der Waals surface area contributed by atoms with Crippen molar-refractivity contribution in [3.63, 3.8) is 0 Å². The van der Waals surface area contributed by atoms with E-state index >= 15 is 0 Å². The molecule has 1 atom stereocenters. The van der Waals surface area contributed by atoms with Gasteiger partial charge in [0.05, 0.1) is 0 Å². The van der Waals surface area contributed by atoms with Crippen molar-refractivity contribution in [1.82, 2.24) is 10.3 Å². The molecular formula is C14H31N3. The van der Waals surface area contributed by atoms with Crippen LogP contribution in [-0.4, -0.2) is 29.6 Å². The Morgan fingerprint density at radius 2 is 1.71 bits per heavy atom. The van der Waals surface area contributed by atoms with Crippen molar-refractivity contribution in [2.45, 2.75) is 71.4 Å². The lowest BCUT2D eigenvalue weighted by Crippen LogP contribution is -2.62. The third-order valence-corrected chi connectivity index (χ3v) is 4.64. The average molecular weight is 241 g/mol. The van der Waals surface area contributed by atoms with Crippen LogP contribution in [0.25, 0.3) is 0 Å². The van der Waals surface area contributed by atoms with Gasteiger partial charge in [-0.25, -0.2) is 0 Å². The molecule has 0 spiro atoms. The summed E-state index contributed by atoms with van der Waals surface area (Å²) in [5.74, 6) is 6.60. The van der Waals surface area contributed by atoms with Crippen LogP contribution in [0.2, 0.25) is 0 Å². The summed E-state index contributed by atoms with van der Waals surface area (Å²) in [6, 6.07) is 0.405. The van der Waals surface area contributed by atoms with Crippen molar-refractivity contribution >= 4 is 0 Å². The summed E-state index contributed by atoms with van der Waals surface area (Å²) in [6.45, 7) is 11.3. The van der Waals surface area contributed by atoms with Crippen molar-refractivity contribution in [2.75, 3.05) is 13.1 Å². The first-order chi connectivity index (χ1) is 8.07. The lowest BCUT2D eigenvalue weighted by molar-refractivity contribution is 0.0545. The molecule has 1 rings (SSSR count). The predicted molar refractivity (Wildman–Crippen MR) is 74.7 cm³/mol. The summed E-state index contributed by atoms with van der Waals surface area (Å²) in [6.07, 6.45) is 6.81. The Kier molecular flexibility index (Phi) is 5.90. The number of nitrogens with one attached hydrogen (secondary N) is 1. The fraction of sp³-hybridized carbons (Fsp3) is 1.00. The van der Waals surface area contributed by atoms with Crippen LogP contribution in [0.3, 0.4) is 0 Å². The number of nitrogens with two attached hydrogens (primary N) is 1. The number of hydrogen-bond acceptors (Lipinski definition) is 3. The third kappa shape index (κ3) is 3.43. The van der Waals surface area contributed by atoms with Crippen LogP contribution in [0.1, 0.15) is 59.8 Å². The minimum absolute atomic E-state index is 0.139. The first-order valence-corrected chi connectivity index (χ1v) is 7.29. The summed E-state index contributed by atoms with van der Waals surface area (Å²) in [5, 5.41) is 0. The highest BCUT2D eigenvalue weighted by Gasteiger charge is 2.38. The highest BCUT2D eigenvalue weighted by atomic mass is 15.3. The molecular weight excluding hydrogens is 210 g/mol. The van der Waals surface area contributed by atoms with Crippen molar-refractivity contribution < 1.29 is 0 Å². The zero-order valence-electron chi connectivity index (χ0n) is 12.1. The molecule has 17 heavy (non-hydrogen) atoms. The Labute approximate surface area is 107 Å². The molecule has 102 valence electrons. The van der Waals surface area contributed by atoms with Gasteiger partial charge in [0.25, 0.3) is 0 Å². The molecule has 0 heterocycles. The summed E-state index contributed by atoms with van der Waals surface area (Å²) >= 11 is 0. The Morgan fingerprint density at radius 3 is 2.12 bits per heavy atom. The lowest BCUT2D eigenvalue weighted by Gasteiger charge is -2.47. The molecule has 0 saturated heterocycles. The van der Waals surface area contributed by atoms with E-state index in [2.05, 4.69) is 38.0 Å². The SMILES string of the molecule is CCN(CC)C(C)(C)C(NN)C1CCCCC1. The summed E-state index contributed by atoms with van der Waals surface area (Å²) in [4.78, 5) is 2.52. The van der Waals surface area contributed by atoms with Gasteiger partial charge in [0.1, 0.15) is 0 Å². The molecule has 3 N–H and O–H groups in total. The number of likely N-dealkylation sites (N-methyl/N-ethyl adjacent to an activating group) is 1. The van der Waals surface area contributed by atoms with Gasteiger partial charge in [-0.3, -0.25) is 16.2 Å². The van der Waals surface area contributed by atoms with Gasteiger partial charge in [-0.05, 0) is 45.7 Å². The molecule has 1 saturated carbocycles. The van der Waals surface area contributed by atoms with Gasteiger partial charge < -0.3 is 0 Å². The minimum Gasteiger partial charge on any atom is -0.297 e. The van der Waals surface area contributed by atoms with Crippen LogP contribution in [0.5, 0.6) is 0 Å². The van der Waals surface area contributed by atoms with Gasteiger partial charge in [-0.2, -0.15) is 0 Å². The minimum atomic E-state index is 0.139. The van der Waals surface area contributed by atoms with E-state index in [1.165, 1.54) is 32.1 Å². The molecule has 3 nitrogen and oxygen atoms in total. The molecule has 0 aromatic rings. The molecule has 0 aromatic heterocycles. The van der Waals surface area contributed by atoms with Gasteiger partial charge in [-0.1, -0.05) is 33.1 Å². The second-order valence-electron chi connectivity index (χ2n) is 5.87. The fourth-order valence-corrected chi connectivity index (χ4v) is 3.62. The van der Waals surface area contributed by atoms with E-state index in [1.807, 2.05) is 0 Å². The van der Waals surface area contributed by atoms with Crippen LogP contribution in [0, 0.1) is 5.92 Å². The topological polar surface area (TPSA) is 41.3 Å². The van der Waals surface area contributed by atoms with Crippen molar-refractivity contribution in [1.29, 1.82) is 0 Å².